The first kappa shape index (κ1) is 12.3. The van der Waals surface area contributed by atoms with Crippen LogP contribution in [0.1, 0.15) is 10.4 Å². The predicted molar refractivity (Wildman–Crippen MR) is 65.5 cm³/mol. The minimum atomic E-state index is -0.656. The second-order valence-electron chi connectivity index (χ2n) is 4.18. The molecule has 1 heterocycles. The van der Waals surface area contributed by atoms with Gasteiger partial charge in [0.25, 0.3) is 5.69 Å². The number of quaternary nitrogens is 1. The van der Waals surface area contributed by atoms with Gasteiger partial charge in [-0.1, -0.05) is 0 Å². The van der Waals surface area contributed by atoms with E-state index in [1.54, 1.807) is 6.07 Å². The lowest BCUT2D eigenvalue weighted by Crippen LogP contribution is -2.89. The summed E-state index contributed by atoms with van der Waals surface area (Å²) in [6, 6.07) is 4.38. The van der Waals surface area contributed by atoms with Crippen molar-refractivity contribution in [1.29, 1.82) is 0 Å². The van der Waals surface area contributed by atoms with E-state index in [1.165, 1.54) is 12.1 Å². The maximum absolute atomic E-state index is 11.1. The van der Waals surface area contributed by atoms with Gasteiger partial charge in [0, 0.05) is 11.6 Å². The summed E-state index contributed by atoms with van der Waals surface area (Å²) >= 11 is 0. The third-order valence-electron chi connectivity index (χ3n) is 3.00. The van der Waals surface area contributed by atoms with Crippen molar-refractivity contribution in [1.82, 2.24) is 0 Å². The molecule has 0 aromatic heterocycles. The van der Waals surface area contributed by atoms with Crippen LogP contribution in [0.3, 0.4) is 0 Å². The quantitative estimate of drug-likeness (QED) is 0.535. The molecule has 7 nitrogen and oxygen atoms in total. The van der Waals surface area contributed by atoms with E-state index in [2.05, 4.69) is 5.32 Å². The van der Waals surface area contributed by atoms with Gasteiger partial charge in [-0.2, -0.15) is 0 Å². The first-order chi connectivity index (χ1) is 8.59. The van der Waals surface area contributed by atoms with E-state index >= 15 is 0 Å². The molecular weight excluding hydrogens is 236 g/mol. The number of anilines is 1. The van der Waals surface area contributed by atoms with Crippen LogP contribution in [0.5, 0.6) is 0 Å². The molecule has 7 heteroatoms. The zero-order chi connectivity index (χ0) is 13.1. The number of carbonyl (C=O) groups is 1. The number of rotatable bonds is 3. The van der Waals surface area contributed by atoms with Gasteiger partial charge in [0.15, 0.2) is 0 Å². The summed E-state index contributed by atoms with van der Waals surface area (Å²) in [7, 11) is 0. The number of nitrogens with zero attached hydrogens (tertiary/aromatic N) is 2. The molecule has 0 saturated carbocycles. The molecule has 0 atom stereocenters. The van der Waals surface area contributed by atoms with E-state index in [4.69, 9.17) is 5.73 Å². The van der Waals surface area contributed by atoms with Gasteiger partial charge in [0.05, 0.1) is 31.1 Å². The van der Waals surface area contributed by atoms with Crippen LogP contribution in [-0.4, -0.2) is 37.0 Å². The Kier molecular flexibility index (Phi) is 3.42. The van der Waals surface area contributed by atoms with Crippen LogP contribution < -0.4 is 16.0 Å². The Bertz CT molecular complexity index is 483. The summed E-state index contributed by atoms with van der Waals surface area (Å²) in [6.45, 7) is 3.34. The number of nitro benzene ring substituents is 1. The second kappa shape index (κ2) is 5.01. The standard InChI is InChI=1S/C11H14N4O3/c12-11(16)8-1-2-9(10(7-8)15(17)18)14-5-3-13-4-6-14/h1-2,7,13H,3-6H2,(H2,12,16)/p+1. The Morgan fingerprint density at radius 2 is 2.06 bits per heavy atom. The van der Waals surface area contributed by atoms with Gasteiger partial charge in [-0.3, -0.25) is 14.9 Å². The SMILES string of the molecule is NC(=O)c1ccc(N2CC[NH2+]CC2)c([N+](=O)[O-])c1. The average molecular weight is 251 g/mol. The minimum Gasteiger partial charge on any atom is -0.366 e. The van der Waals surface area contributed by atoms with Gasteiger partial charge in [-0.15, -0.1) is 0 Å². The Labute approximate surface area is 104 Å². The Balaban J connectivity index is 2.39. The number of nitro groups is 1. The summed E-state index contributed by atoms with van der Waals surface area (Å²) in [6.07, 6.45) is 0. The van der Waals surface area contributed by atoms with Crippen LogP contribution in [0, 0.1) is 10.1 Å². The summed E-state index contributed by atoms with van der Waals surface area (Å²) in [5, 5.41) is 13.2. The van der Waals surface area contributed by atoms with Gasteiger partial charge in [-0.25, -0.2) is 0 Å². The minimum absolute atomic E-state index is 0.0619. The lowest BCUT2D eigenvalue weighted by molar-refractivity contribution is -0.655. The Morgan fingerprint density at radius 1 is 1.39 bits per heavy atom. The molecule has 1 aromatic carbocycles. The van der Waals surface area contributed by atoms with E-state index in [-0.39, 0.29) is 11.3 Å². The van der Waals surface area contributed by atoms with Crippen LogP contribution in [0.15, 0.2) is 18.2 Å². The largest absolute Gasteiger partial charge is 0.366 e. The molecule has 1 saturated heterocycles. The van der Waals surface area contributed by atoms with Crippen molar-refractivity contribution in [3.63, 3.8) is 0 Å². The van der Waals surface area contributed by atoms with Gasteiger partial charge >= 0.3 is 0 Å². The molecule has 0 aliphatic carbocycles. The molecule has 96 valence electrons. The number of hydrogen-bond acceptors (Lipinski definition) is 4. The summed E-state index contributed by atoms with van der Waals surface area (Å²) in [5.74, 6) is -0.656. The molecule has 1 aliphatic heterocycles. The topological polar surface area (TPSA) is 106 Å². The predicted octanol–water partition coefficient (Wildman–Crippen LogP) is -0.923. The van der Waals surface area contributed by atoms with Gasteiger partial charge < -0.3 is 16.0 Å². The molecule has 1 fully saturated rings. The Hall–Kier alpha value is -2.15. The highest BCUT2D eigenvalue weighted by Crippen LogP contribution is 2.29. The summed E-state index contributed by atoms with van der Waals surface area (Å²) in [5.41, 5.74) is 5.78. The highest BCUT2D eigenvalue weighted by Gasteiger charge is 2.23. The number of amides is 1. The van der Waals surface area contributed by atoms with Gasteiger partial charge in [0.2, 0.25) is 5.91 Å². The fraction of sp³-hybridized carbons (Fsp3) is 0.364. The highest BCUT2D eigenvalue weighted by molar-refractivity contribution is 5.94. The molecule has 0 unspecified atom stereocenters. The number of nitrogens with two attached hydrogens (primary N) is 2. The third kappa shape index (κ3) is 2.40. The maximum atomic E-state index is 11.1. The average Bonchev–Trinajstić information content (AvgIpc) is 2.39. The first-order valence-corrected chi connectivity index (χ1v) is 5.74. The van der Waals surface area contributed by atoms with Crippen LogP contribution in [0.4, 0.5) is 11.4 Å². The lowest BCUT2D eigenvalue weighted by Gasteiger charge is -2.26. The molecule has 1 aliphatic rings. The molecule has 1 aromatic rings. The number of hydrogen-bond donors (Lipinski definition) is 2. The van der Waals surface area contributed by atoms with E-state index in [9.17, 15) is 14.9 Å². The van der Waals surface area contributed by atoms with Crippen molar-refractivity contribution < 1.29 is 15.0 Å². The molecule has 1 amide bonds. The van der Waals surface area contributed by atoms with Crippen molar-refractivity contribution in [3.8, 4) is 0 Å². The zero-order valence-electron chi connectivity index (χ0n) is 9.83. The molecular formula is C11H15N4O3+. The van der Waals surface area contributed by atoms with Crippen LogP contribution >= 0.6 is 0 Å². The molecule has 18 heavy (non-hydrogen) atoms. The number of benzene rings is 1. The lowest BCUT2D eigenvalue weighted by atomic mass is 10.1. The molecule has 4 N–H and O–H groups in total. The smallest absolute Gasteiger partial charge is 0.293 e. The summed E-state index contributed by atoms with van der Waals surface area (Å²) < 4.78 is 0. The molecule has 0 radical (unpaired) electrons. The second-order valence-corrected chi connectivity index (χ2v) is 4.18. The van der Waals surface area contributed by atoms with Gasteiger partial charge in [-0.05, 0) is 12.1 Å². The van der Waals surface area contributed by atoms with Crippen LogP contribution in [0.25, 0.3) is 0 Å². The van der Waals surface area contributed by atoms with E-state index in [0.29, 0.717) is 5.69 Å². The van der Waals surface area contributed by atoms with Crippen molar-refractivity contribution >= 4 is 17.3 Å². The molecule has 2 rings (SSSR count). The Morgan fingerprint density at radius 3 is 2.61 bits per heavy atom. The molecule has 0 bridgehead atoms. The van der Waals surface area contributed by atoms with Crippen LogP contribution in [-0.2, 0) is 0 Å². The third-order valence-corrected chi connectivity index (χ3v) is 3.00. The van der Waals surface area contributed by atoms with Crippen molar-refractivity contribution in [2.75, 3.05) is 31.1 Å². The monoisotopic (exact) mass is 251 g/mol. The normalized spacial score (nSPS) is 15.4. The van der Waals surface area contributed by atoms with Gasteiger partial charge in [0.1, 0.15) is 5.69 Å². The van der Waals surface area contributed by atoms with Crippen molar-refractivity contribution in [2.24, 2.45) is 5.73 Å². The van der Waals surface area contributed by atoms with E-state index in [1.807, 2.05) is 4.90 Å². The first-order valence-electron chi connectivity index (χ1n) is 5.74. The van der Waals surface area contributed by atoms with E-state index < -0.39 is 10.8 Å². The zero-order valence-corrected chi connectivity index (χ0v) is 9.83. The van der Waals surface area contributed by atoms with Crippen LogP contribution in [0.2, 0.25) is 0 Å². The number of carbonyl (C=O) groups excluding carboxylic acids is 1. The van der Waals surface area contributed by atoms with Crippen molar-refractivity contribution in [2.45, 2.75) is 0 Å². The van der Waals surface area contributed by atoms with E-state index in [0.717, 1.165) is 26.2 Å². The number of primary amides is 1. The fourth-order valence-corrected chi connectivity index (χ4v) is 2.08. The fourth-order valence-electron chi connectivity index (χ4n) is 2.08. The van der Waals surface area contributed by atoms with Crippen molar-refractivity contribution in [3.05, 3.63) is 33.9 Å². The summed E-state index contributed by atoms with van der Waals surface area (Å²) in [4.78, 5) is 23.6. The maximum Gasteiger partial charge on any atom is 0.293 e. The highest BCUT2D eigenvalue weighted by atomic mass is 16.6. The molecule has 0 spiro atoms. The number of piperazine rings is 1.